The third-order valence-corrected chi connectivity index (χ3v) is 1.40. The van der Waals surface area contributed by atoms with Gasteiger partial charge in [-0.25, -0.2) is 0 Å². The van der Waals surface area contributed by atoms with Crippen LogP contribution in [0.2, 0.25) is 0 Å². The van der Waals surface area contributed by atoms with Crippen molar-refractivity contribution >= 4 is 21.7 Å². The van der Waals surface area contributed by atoms with Gasteiger partial charge in [-0.05, 0) is 28.8 Å². The SMILES string of the molecule is [2H]C([2H])([2H])C(=O)c1cncc(Br)c1. The number of nitrogens with zero attached hydrogens (tertiary/aromatic N) is 1. The van der Waals surface area contributed by atoms with E-state index in [9.17, 15) is 4.79 Å². The molecule has 10 heavy (non-hydrogen) atoms. The van der Waals surface area contributed by atoms with E-state index in [1.807, 2.05) is 0 Å². The van der Waals surface area contributed by atoms with E-state index < -0.39 is 12.6 Å². The number of hydrogen-bond acceptors (Lipinski definition) is 2. The van der Waals surface area contributed by atoms with Gasteiger partial charge in [0.15, 0.2) is 5.78 Å². The van der Waals surface area contributed by atoms with Crippen molar-refractivity contribution in [2.45, 2.75) is 6.85 Å². The quantitative estimate of drug-likeness (QED) is 0.653. The summed E-state index contributed by atoms with van der Waals surface area (Å²) < 4.78 is 21.2. The van der Waals surface area contributed by atoms with Crippen LogP contribution in [-0.4, -0.2) is 10.8 Å². The van der Waals surface area contributed by atoms with Gasteiger partial charge in [-0.1, -0.05) is 0 Å². The van der Waals surface area contributed by atoms with Crippen LogP contribution in [0.3, 0.4) is 0 Å². The minimum Gasteiger partial charge on any atom is -0.294 e. The van der Waals surface area contributed by atoms with Gasteiger partial charge in [0.2, 0.25) is 0 Å². The van der Waals surface area contributed by atoms with Crippen LogP contribution < -0.4 is 0 Å². The molecular weight excluding hydrogens is 194 g/mol. The fraction of sp³-hybridized carbons (Fsp3) is 0.143. The molecule has 0 radical (unpaired) electrons. The normalized spacial score (nSPS) is 15.1. The summed E-state index contributed by atoms with van der Waals surface area (Å²) >= 11 is 3.10. The molecule has 0 bridgehead atoms. The number of rotatable bonds is 1. The Bertz CT molecular complexity index is 337. The summed E-state index contributed by atoms with van der Waals surface area (Å²) in [6.45, 7) is -2.59. The molecular formula is C7H6BrNO. The van der Waals surface area contributed by atoms with Crippen LogP contribution in [-0.2, 0) is 0 Å². The molecule has 0 atom stereocenters. The first-order valence-corrected chi connectivity index (χ1v) is 3.36. The Balaban J connectivity index is 3.03. The van der Waals surface area contributed by atoms with Gasteiger partial charge in [0.05, 0.1) is 0 Å². The van der Waals surface area contributed by atoms with Gasteiger partial charge in [0, 0.05) is 26.5 Å². The largest absolute Gasteiger partial charge is 0.294 e. The van der Waals surface area contributed by atoms with Crippen molar-refractivity contribution in [1.29, 1.82) is 0 Å². The first kappa shape index (κ1) is 4.23. The first-order chi connectivity index (χ1) is 5.91. The molecule has 0 spiro atoms. The lowest BCUT2D eigenvalue weighted by molar-refractivity contribution is 0.101. The molecule has 0 aromatic carbocycles. The molecule has 0 saturated heterocycles. The third kappa shape index (κ3) is 1.64. The molecule has 1 rings (SSSR count). The van der Waals surface area contributed by atoms with Crippen LogP contribution in [0.25, 0.3) is 0 Å². The summed E-state index contributed by atoms with van der Waals surface area (Å²) in [5, 5.41) is 0. The summed E-state index contributed by atoms with van der Waals surface area (Å²) in [6.07, 6.45) is 2.72. The zero-order chi connectivity index (χ0) is 10.1. The smallest absolute Gasteiger partial charge is 0.161 e. The van der Waals surface area contributed by atoms with E-state index in [1.54, 1.807) is 0 Å². The Morgan fingerprint density at radius 2 is 2.60 bits per heavy atom. The first-order valence-electron chi connectivity index (χ1n) is 4.06. The van der Waals surface area contributed by atoms with Gasteiger partial charge < -0.3 is 0 Å². The number of carbonyl (C=O) groups is 1. The predicted octanol–water partition coefficient (Wildman–Crippen LogP) is 2.05. The van der Waals surface area contributed by atoms with Gasteiger partial charge in [-0.2, -0.15) is 0 Å². The standard InChI is InChI=1S/C7H6BrNO/c1-5(10)6-2-7(8)4-9-3-6/h2-4H,1H3/i1D3. The van der Waals surface area contributed by atoms with Crippen LogP contribution in [0.1, 0.15) is 21.3 Å². The Morgan fingerprint density at radius 1 is 1.80 bits per heavy atom. The maximum Gasteiger partial charge on any atom is 0.161 e. The van der Waals surface area contributed by atoms with Crippen molar-refractivity contribution in [1.82, 2.24) is 4.98 Å². The second-order valence-corrected chi connectivity index (χ2v) is 2.64. The summed E-state index contributed by atoms with van der Waals surface area (Å²) in [5.74, 6) is -0.888. The molecule has 0 unspecified atom stereocenters. The minimum absolute atomic E-state index is 0.0920. The lowest BCUT2D eigenvalue weighted by atomic mass is 10.2. The molecule has 1 aromatic heterocycles. The number of pyridine rings is 1. The topological polar surface area (TPSA) is 30.0 Å². The van der Waals surface area contributed by atoms with Gasteiger partial charge in [0.1, 0.15) is 0 Å². The Hall–Kier alpha value is -0.700. The molecule has 0 saturated carbocycles. The second-order valence-electron chi connectivity index (χ2n) is 1.72. The van der Waals surface area contributed by atoms with Crippen LogP contribution in [0.15, 0.2) is 22.9 Å². The summed E-state index contributed by atoms with van der Waals surface area (Å²) in [6, 6.07) is 1.43. The van der Waals surface area contributed by atoms with E-state index in [4.69, 9.17) is 4.11 Å². The summed E-state index contributed by atoms with van der Waals surface area (Å²) in [4.78, 5) is 14.9. The average Bonchev–Trinajstić information content (AvgIpc) is 2.01. The lowest BCUT2D eigenvalue weighted by Crippen LogP contribution is -1.91. The summed E-state index contributed by atoms with van der Waals surface area (Å²) in [5.41, 5.74) is 0.0920. The third-order valence-electron chi connectivity index (χ3n) is 0.967. The van der Waals surface area contributed by atoms with E-state index >= 15 is 0 Å². The van der Waals surface area contributed by atoms with Crippen LogP contribution in [0.5, 0.6) is 0 Å². The highest BCUT2D eigenvalue weighted by atomic mass is 79.9. The van der Waals surface area contributed by atoms with Crippen molar-refractivity contribution in [3.63, 3.8) is 0 Å². The molecule has 0 aliphatic rings. The molecule has 0 N–H and O–H groups in total. The molecule has 0 aliphatic carbocycles. The highest BCUT2D eigenvalue weighted by molar-refractivity contribution is 9.10. The molecule has 0 amide bonds. The minimum atomic E-state index is -2.59. The van der Waals surface area contributed by atoms with Gasteiger partial charge in [-0.15, -0.1) is 0 Å². The van der Waals surface area contributed by atoms with Crippen molar-refractivity contribution in [3.8, 4) is 0 Å². The van der Waals surface area contributed by atoms with Crippen LogP contribution in [0, 0.1) is 0 Å². The Labute approximate surface area is 71.6 Å². The lowest BCUT2D eigenvalue weighted by Gasteiger charge is -1.92. The molecule has 52 valence electrons. The van der Waals surface area contributed by atoms with Gasteiger partial charge in [0.25, 0.3) is 0 Å². The fourth-order valence-corrected chi connectivity index (χ4v) is 0.901. The van der Waals surface area contributed by atoms with Crippen molar-refractivity contribution in [2.75, 3.05) is 0 Å². The zero-order valence-corrected chi connectivity index (χ0v) is 6.55. The zero-order valence-electron chi connectivity index (χ0n) is 7.97. The highest BCUT2D eigenvalue weighted by Gasteiger charge is 1.97. The van der Waals surface area contributed by atoms with E-state index in [0.29, 0.717) is 4.47 Å². The van der Waals surface area contributed by atoms with Crippen molar-refractivity contribution in [2.24, 2.45) is 0 Å². The molecule has 1 heterocycles. The molecule has 1 aromatic rings. The molecule has 2 nitrogen and oxygen atoms in total. The van der Waals surface area contributed by atoms with E-state index in [0.717, 1.165) is 0 Å². The van der Waals surface area contributed by atoms with E-state index in [1.165, 1.54) is 18.5 Å². The maximum absolute atomic E-state index is 11.2. The fourth-order valence-electron chi connectivity index (χ4n) is 0.536. The van der Waals surface area contributed by atoms with E-state index in [2.05, 4.69) is 20.9 Å². The Morgan fingerprint density at radius 3 is 3.20 bits per heavy atom. The second kappa shape index (κ2) is 2.92. The number of halogens is 1. The van der Waals surface area contributed by atoms with Crippen LogP contribution >= 0.6 is 15.9 Å². The van der Waals surface area contributed by atoms with E-state index in [-0.39, 0.29) is 5.56 Å². The average molecular weight is 203 g/mol. The number of carbonyl (C=O) groups excluding carboxylic acids is 1. The van der Waals surface area contributed by atoms with Crippen molar-refractivity contribution in [3.05, 3.63) is 28.5 Å². The number of ketones is 1. The predicted molar refractivity (Wildman–Crippen MR) is 41.9 cm³/mol. The number of Topliss-reactive ketones (excluding diaryl/α,β-unsaturated/α-hetero) is 1. The van der Waals surface area contributed by atoms with Gasteiger partial charge in [-0.3, -0.25) is 9.78 Å². The van der Waals surface area contributed by atoms with Crippen LogP contribution in [0.4, 0.5) is 0 Å². The highest BCUT2D eigenvalue weighted by Crippen LogP contribution is 2.09. The van der Waals surface area contributed by atoms with Crippen molar-refractivity contribution < 1.29 is 8.91 Å². The monoisotopic (exact) mass is 202 g/mol. The molecule has 0 aliphatic heterocycles. The maximum atomic E-state index is 11.2. The summed E-state index contributed by atoms with van der Waals surface area (Å²) in [7, 11) is 0. The number of aromatic nitrogens is 1. The number of hydrogen-bond donors (Lipinski definition) is 0. The molecule has 3 heteroatoms. The Kier molecular flexibility index (Phi) is 1.24. The molecule has 0 fully saturated rings. The van der Waals surface area contributed by atoms with Gasteiger partial charge >= 0.3 is 0 Å².